The molecule has 0 aromatic rings. The van der Waals surface area contributed by atoms with E-state index in [0.29, 0.717) is 6.61 Å². The minimum atomic E-state index is -0.333. The fourth-order valence-electron chi connectivity index (χ4n) is 1.69. The lowest BCUT2D eigenvalue weighted by molar-refractivity contribution is -0.152. The molecule has 0 radical (unpaired) electrons. The van der Waals surface area contributed by atoms with Crippen molar-refractivity contribution >= 4 is 5.97 Å². The Hall–Kier alpha value is -0.610. The molecular weight excluding hydrogens is 196 g/mol. The van der Waals surface area contributed by atoms with Crippen LogP contribution in [0.5, 0.6) is 0 Å². The first-order valence-electron chi connectivity index (χ1n) is 5.42. The van der Waals surface area contributed by atoms with E-state index >= 15 is 0 Å². The van der Waals surface area contributed by atoms with Gasteiger partial charge in [-0.2, -0.15) is 0 Å². The lowest BCUT2D eigenvalue weighted by atomic mass is 9.88. The van der Waals surface area contributed by atoms with Crippen LogP contribution < -0.4 is 0 Å². The summed E-state index contributed by atoms with van der Waals surface area (Å²) in [6, 6.07) is 0. The van der Waals surface area contributed by atoms with Gasteiger partial charge in [-0.3, -0.25) is 4.79 Å². The Labute approximate surface area is 91.6 Å². The highest BCUT2D eigenvalue weighted by molar-refractivity contribution is 5.72. The molecule has 15 heavy (non-hydrogen) atoms. The van der Waals surface area contributed by atoms with Crippen LogP contribution in [0, 0.1) is 11.8 Å². The number of carbonyl (C=O) groups excluding carboxylic acids is 1. The number of aliphatic hydroxyl groups excluding tert-OH is 1. The van der Waals surface area contributed by atoms with Gasteiger partial charge in [0.15, 0.2) is 0 Å². The molecule has 0 aliphatic carbocycles. The molecule has 1 N–H and O–H groups in total. The second-order valence-corrected chi connectivity index (χ2v) is 3.57. The van der Waals surface area contributed by atoms with Crippen molar-refractivity contribution in [3.05, 3.63) is 0 Å². The summed E-state index contributed by atoms with van der Waals surface area (Å²) in [6.45, 7) is 5.80. The molecule has 4 heteroatoms. The van der Waals surface area contributed by atoms with Crippen molar-refractivity contribution < 1.29 is 19.4 Å². The topological polar surface area (TPSA) is 55.8 Å². The van der Waals surface area contributed by atoms with Gasteiger partial charge in [-0.1, -0.05) is 13.8 Å². The Morgan fingerprint density at radius 3 is 2.33 bits per heavy atom. The average molecular weight is 218 g/mol. The SMILES string of the molecule is CCOC(=O)C(C)C(CO)C(CC)OC. The van der Waals surface area contributed by atoms with Crippen LogP contribution in [0.4, 0.5) is 0 Å². The van der Waals surface area contributed by atoms with Gasteiger partial charge in [-0.05, 0) is 13.3 Å². The smallest absolute Gasteiger partial charge is 0.309 e. The maximum Gasteiger partial charge on any atom is 0.309 e. The maximum atomic E-state index is 11.5. The third kappa shape index (κ3) is 4.18. The quantitative estimate of drug-likeness (QED) is 0.653. The van der Waals surface area contributed by atoms with Crippen LogP contribution in [0.25, 0.3) is 0 Å². The minimum Gasteiger partial charge on any atom is -0.466 e. The van der Waals surface area contributed by atoms with Gasteiger partial charge in [-0.15, -0.1) is 0 Å². The van der Waals surface area contributed by atoms with Crippen molar-refractivity contribution in [2.75, 3.05) is 20.3 Å². The highest BCUT2D eigenvalue weighted by Gasteiger charge is 2.30. The van der Waals surface area contributed by atoms with Crippen LogP contribution >= 0.6 is 0 Å². The van der Waals surface area contributed by atoms with Gasteiger partial charge < -0.3 is 14.6 Å². The third-order valence-electron chi connectivity index (χ3n) is 2.69. The van der Waals surface area contributed by atoms with Crippen molar-refractivity contribution in [2.24, 2.45) is 11.8 Å². The number of esters is 1. The second kappa shape index (κ2) is 7.65. The van der Waals surface area contributed by atoms with Crippen molar-refractivity contribution in [2.45, 2.75) is 33.3 Å². The number of rotatable bonds is 7. The first-order chi connectivity index (χ1) is 7.12. The molecule has 3 atom stereocenters. The fourth-order valence-corrected chi connectivity index (χ4v) is 1.69. The molecule has 3 unspecified atom stereocenters. The van der Waals surface area contributed by atoms with Gasteiger partial charge in [0.05, 0.1) is 18.6 Å². The van der Waals surface area contributed by atoms with Gasteiger partial charge in [-0.25, -0.2) is 0 Å². The molecule has 4 nitrogen and oxygen atoms in total. The van der Waals surface area contributed by atoms with Crippen molar-refractivity contribution in [1.82, 2.24) is 0 Å². The van der Waals surface area contributed by atoms with Crippen molar-refractivity contribution in [3.63, 3.8) is 0 Å². The molecule has 0 saturated heterocycles. The molecule has 0 rings (SSSR count). The zero-order valence-electron chi connectivity index (χ0n) is 10.0. The van der Waals surface area contributed by atoms with Crippen LogP contribution in [0.15, 0.2) is 0 Å². The minimum absolute atomic E-state index is 0.0632. The Bertz CT molecular complexity index is 177. The van der Waals surface area contributed by atoms with Crippen LogP contribution in [0.2, 0.25) is 0 Å². The largest absolute Gasteiger partial charge is 0.466 e. The van der Waals surface area contributed by atoms with E-state index < -0.39 is 0 Å². The van der Waals surface area contributed by atoms with Crippen molar-refractivity contribution in [1.29, 1.82) is 0 Å². The van der Waals surface area contributed by atoms with Gasteiger partial charge in [0, 0.05) is 19.6 Å². The Balaban J connectivity index is 4.43. The number of carbonyl (C=O) groups is 1. The molecule has 0 aromatic carbocycles. The van der Waals surface area contributed by atoms with Crippen molar-refractivity contribution in [3.8, 4) is 0 Å². The summed E-state index contributed by atoms with van der Waals surface area (Å²) in [5, 5.41) is 9.26. The Morgan fingerprint density at radius 1 is 1.40 bits per heavy atom. The van der Waals surface area contributed by atoms with Crippen LogP contribution in [0.1, 0.15) is 27.2 Å². The first-order valence-corrected chi connectivity index (χ1v) is 5.42. The third-order valence-corrected chi connectivity index (χ3v) is 2.69. The lowest BCUT2D eigenvalue weighted by Crippen LogP contribution is -2.35. The summed E-state index contributed by atoms with van der Waals surface area (Å²) in [5.74, 6) is -0.800. The molecule has 0 amide bonds. The normalized spacial score (nSPS) is 16.9. The first kappa shape index (κ1) is 14.4. The molecule has 0 bridgehead atoms. The summed E-state index contributed by atoms with van der Waals surface area (Å²) in [7, 11) is 1.59. The highest BCUT2D eigenvalue weighted by atomic mass is 16.5. The standard InChI is InChI=1S/C11H22O4/c1-5-10(14-4)9(7-12)8(3)11(13)15-6-2/h8-10,12H,5-7H2,1-4H3. The summed E-state index contributed by atoms with van der Waals surface area (Å²) in [6.07, 6.45) is 0.667. The molecule has 0 fully saturated rings. The molecular formula is C11H22O4. The number of hydrogen-bond acceptors (Lipinski definition) is 4. The summed E-state index contributed by atoms with van der Waals surface area (Å²) in [5.41, 5.74) is 0. The number of methoxy groups -OCH3 is 1. The Kier molecular flexibility index (Phi) is 7.34. The number of aliphatic hydroxyl groups is 1. The molecule has 0 aromatic heterocycles. The van der Waals surface area contributed by atoms with E-state index in [9.17, 15) is 9.90 Å². The van der Waals surface area contributed by atoms with E-state index in [-0.39, 0.29) is 30.5 Å². The zero-order valence-corrected chi connectivity index (χ0v) is 10.0. The number of ether oxygens (including phenoxy) is 2. The van der Waals surface area contributed by atoms with Gasteiger partial charge in [0.2, 0.25) is 0 Å². The fraction of sp³-hybridized carbons (Fsp3) is 0.909. The van der Waals surface area contributed by atoms with Crippen LogP contribution in [0.3, 0.4) is 0 Å². The van der Waals surface area contributed by atoms with E-state index in [4.69, 9.17) is 9.47 Å². The highest BCUT2D eigenvalue weighted by Crippen LogP contribution is 2.21. The molecule has 0 aliphatic rings. The predicted octanol–water partition coefficient (Wildman–Crippen LogP) is 1.22. The van der Waals surface area contributed by atoms with E-state index in [1.807, 2.05) is 6.92 Å². The molecule has 90 valence electrons. The second-order valence-electron chi connectivity index (χ2n) is 3.57. The summed E-state index contributed by atoms with van der Waals surface area (Å²) < 4.78 is 10.2. The Morgan fingerprint density at radius 2 is 2.00 bits per heavy atom. The van der Waals surface area contributed by atoms with Crippen LogP contribution in [-0.2, 0) is 14.3 Å². The summed E-state index contributed by atoms with van der Waals surface area (Å²) >= 11 is 0. The molecule has 0 heterocycles. The van der Waals surface area contributed by atoms with E-state index in [2.05, 4.69) is 0 Å². The maximum absolute atomic E-state index is 11.5. The lowest BCUT2D eigenvalue weighted by Gasteiger charge is -2.27. The van der Waals surface area contributed by atoms with Gasteiger partial charge in [0.25, 0.3) is 0 Å². The molecule has 0 spiro atoms. The summed E-state index contributed by atoms with van der Waals surface area (Å²) in [4.78, 5) is 11.5. The van der Waals surface area contributed by atoms with Gasteiger partial charge in [0.1, 0.15) is 0 Å². The van der Waals surface area contributed by atoms with Crippen LogP contribution in [-0.4, -0.2) is 37.5 Å². The zero-order chi connectivity index (χ0) is 11.8. The monoisotopic (exact) mass is 218 g/mol. The van der Waals surface area contributed by atoms with E-state index in [1.54, 1.807) is 21.0 Å². The van der Waals surface area contributed by atoms with E-state index in [0.717, 1.165) is 6.42 Å². The molecule has 0 aliphatic heterocycles. The average Bonchev–Trinajstić information content (AvgIpc) is 2.25. The molecule has 0 saturated carbocycles. The van der Waals surface area contributed by atoms with Gasteiger partial charge >= 0.3 is 5.97 Å². The van der Waals surface area contributed by atoms with E-state index in [1.165, 1.54) is 0 Å². The predicted molar refractivity (Wildman–Crippen MR) is 57.5 cm³/mol. The number of hydrogen-bond donors (Lipinski definition) is 1.